The van der Waals surface area contributed by atoms with Gasteiger partial charge in [-0.3, -0.25) is 4.79 Å². The van der Waals surface area contributed by atoms with Crippen LogP contribution in [0.15, 0.2) is 18.2 Å². The van der Waals surface area contributed by atoms with Crippen LogP contribution >= 0.6 is 33.9 Å². The second-order valence-corrected chi connectivity index (χ2v) is 6.42. The summed E-state index contributed by atoms with van der Waals surface area (Å²) in [6.45, 7) is 3.92. The molecule has 0 saturated carbocycles. The zero-order chi connectivity index (χ0) is 13.3. The zero-order valence-corrected chi connectivity index (χ0v) is 12.9. The number of aryl methyl sites for hydroxylation is 2. The van der Waals surface area contributed by atoms with Crippen molar-refractivity contribution in [3.8, 4) is 0 Å². The van der Waals surface area contributed by atoms with E-state index in [2.05, 4.69) is 4.98 Å². The van der Waals surface area contributed by atoms with E-state index in [4.69, 9.17) is 0 Å². The summed E-state index contributed by atoms with van der Waals surface area (Å²) >= 11 is 3.52. The van der Waals surface area contributed by atoms with Crippen molar-refractivity contribution < 1.29 is 9.18 Å². The van der Waals surface area contributed by atoms with E-state index in [1.54, 1.807) is 0 Å². The number of thiazole rings is 1. The largest absolute Gasteiger partial charge is 0.294 e. The fourth-order valence-corrected chi connectivity index (χ4v) is 3.27. The first-order valence-electron chi connectivity index (χ1n) is 5.38. The van der Waals surface area contributed by atoms with Crippen molar-refractivity contribution in [2.45, 2.75) is 20.3 Å². The van der Waals surface area contributed by atoms with Gasteiger partial charge in [-0.1, -0.05) is 0 Å². The Kier molecular flexibility index (Phi) is 4.11. The topological polar surface area (TPSA) is 30.0 Å². The minimum Gasteiger partial charge on any atom is -0.294 e. The van der Waals surface area contributed by atoms with E-state index in [0.717, 1.165) is 15.6 Å². The number of aromatic nitrogens is 1. The van der Waals surface area contributed by atoms with Gasteiger partial charge in [0.15, 0.2) is 5.78 Å². The lowest BCUT2D eigenvalue weighted by molar-refractivity contribution is 0.0992. The number of ketones is 1. The van der Waals surface area contributed by atoms with Crippen molar-refractivity contribution in [2.24, 2.45) is 0 Å². The smallest absolute Gasteiger partial charge is 0.170 e. The standard InChI is InChI=1S/C13H11FINOS/c1-7-8(2)18-13(16-7)6-12(17)10-4-3-9(14)5-11(10)15/h3-5H,6H2,1-2H3. The predicted octanol–water partition coefficient (Wildman–Crippen LogP) is 3.93. The molecule has 2 rings (SSSR count). The van der Waals surface area contributed by atoms with Gasteiger partial charge in [0, 0.05) is 14.0 Å². The van der Waals surface area contributed by atoms with Crippen molar-refractivity contribution in [3.63, 3.8) is 0 Å². The Bertz CT molecular complexity index is 590. The Hall–Kier alpha value is -0.820. The zero-order valence-electron chi connectivity index (χ0n) is 9.96. The van der Waals surface area contributed by atoms with Crippen LogP contribution in [0.2, 0.25) is 0 Å². The summed E-state index contributed by atoms with van der Waals surface area (Å²) in [6.07, 6.45) is 0.279. The highest BCUT2D eigenvalue weighted by Crippen LogP contribution is 2.20. The maximum absolute atomic E-state index is 13.0. The number of carbonyl (C=O) groups is 1. The molecule has 94 valence electrons. The number of benzene rings is 1. The van der Waals surface area contributed by atoms with E-state index in [1.165, 1.54) is 29.5 Å². The van der Waals surface area contributed by atoms with Crippen LogP contribution in [0, 0.1) is 23.2 Å². The van der Waals surface area contributed by atoms with Gasteiger partial charge in [-0.2, -0.15) is 0 Å². The molecule has 0 aliphatic heterocycles. The summed E-state index contributed by atoms with van der Waals surface area (Å²) in [5.41, 5.74) is 1.53. The monoisotopic (exact) mass is 375 g/mol. The minimum absolute atomic E-state index is 0.0202. The summed E-state index contributed by atoms with van der Waals surface area (Å²) in [6, 6.07) is 4.21. The van der Waals surface area contributed by atoms with Crippen LogP contribution in [0.4, 0.5) is 4.39 Å². The molecule has 1 aromatic carbocycles. The molecule has 0 aliphatic rings. The summed E-state index contributed by atoms with van der Waals surface area (Å²) < 4.78 is 13.6. The van der Waals surface area contributed by atoms with Crippen LogP contribution in [0.1, 0.15) is 25.9 Å². The molecule has 18 heavy (non-hydrogen) atoms. The van der Waals surface area contributed by atoms with Gasteiger partial charge in [0.05, 0.1) is 12.1 Å². The Morgan fingerprint density at radius 3 is 2.72 bits per heavy atom. The fourth-order valence-electron chi connectivity index (χ4n) is 1.56. The third-order valence-electron chi connectivity index (χ3n) is 2.62. The van der Waals surface area contributed by atoms with Crippen LogP contribution in [0.3, 0.4) is 0 Å². The second-order valence-electron chi connectivity index (χ2n) is 3.97. The molecule has 5 heteroatoms. The number of rotatable bonds is 3. The molecule has 2 nitrogen and oxygen atoms in total. The Morgan fingerprint density at radius 2 is 2.17 bits per heavy atom. The van der Waals surface area contributed by atoms with Gasteiger partial charge in [-0.15, -0.1) is 11.3 Å². The first-order chi connectivity index (χ1) is 8.47. The van der Waals surface area contributed by atoms with Crippen molar-refractivity contribution in [2.75, 3.05) is 0 Å². The number of nitrogens with zero attached hydrogens (tertiary/aromatic N) is 1. The van der Waals surface area contributed by atoms with Crippen LogP contribution in [0.25, 0.3) is 0 Å². The highest BCUT2D eigenvalue weighted by atomic mass is 127. The maximum Gasteiger partial charge on any atom is 0.170 e. The maximum atomic E-state index is 13.0. The number of Topliss-reactive ketones (excluding diaryl/α,β-unsaturated/α-hetero) is 1. The molecule has 0 amide bonds. The van der Waals surface area contributed by atoms with E-state index >= 15 is 0 Å². The lowest BCUT2D eigenvalue weighted by Crippen LogP contribution is -2.05. The molecule has 1 aromatic heterocycles. The molecular formula is C13H11FINOS. The van der Waals surface area contributed by atoms with Crippen molar-refractivity contribution >= 4 is 39.7 Å². The van der Waals surface area contributed by atoms with Gasteiger partial charge in [-0.05, 0) is 54.6 Å². The van der Waals surface area contributed by atoms with Crippen LogP contribution in [-0.2, 0) is 6.42 Å². The molecule has 1 heterocycles. The number of carbonyl (C=O) groups excluding carboxylic acids is 1. The van der Waals surface area contributed by atoms with Gasteiger partial charge in [0.25, 0.3) is 0 Å². The molecule has 0 N–H and O–H groups in total. The highest BCUT2D eigenvalue weighted by Gasteiger charge is 2.14. The van der Waals surface area contributed by atoms with E-state index in [9.17, 15) is 9.18 Å². The van der Waals surface area contributed by atoms with Gasteiger partial charge in [-0.25, -0.2) is 9.37 Å². The number of halogens is 2. The lowest BCUT2D eigenvalue weighted by Gasteiger charge is -2.02. The lowest BCUT2D eigenvalue weighted by atomic mass is 10.1. The molecule has 0 unspecified atom stereocenters. The van der Waals surface area contributed by atoms with E-state index in [-0.39, 0.29) is 18.0 Å². The van der Waals surface area contributed by atoms with E-state index in [1.807, 2.05) is 36.4 Å². The number of hydrogen-bond acceptors (Lipinski definition) is 3. The second kappa shape index (κ2) is 5.44. The van der Waals surface area contributed by atoms with Crippen molar-refractivity contribution in [3.05, 3.63) is 48.7 Å². The molecule has 0 radical (unpaired) electrons. The van der Waals surface area contributed by atoms with Gasteiger partial charge in [0.2, 0.25) is 0 Å². The molecule has 0 spiro atoms. The fraction of sp³-hybridized carbons (Fsp3) is 0.231. The van der Waals surface area contributed by atoms with Crippen LogP contribution in [-0.4, -0.2) is 10.8 Å². The SMILES string of the molecule is Cc1nc(CC(=O)c2ccc(F)cc2I)sc1C. The highest BCUT2D eigenvalue weighted by molar-refractivity contribution is 14.1. The van der Waals surface area contributed by atoms with Gasteiger partial charge >= 0.3 is 0 Å². The molecule has 2 aromatic rings. The summed E-state index contributed by atoms with van der Waals surface area (Å²) in [5, 5.41) is 0.815. The summed E-state index contributed by atoms with van der Waals surface area (Å²) in [5.74, 6) is -0.343. The average Bonchev–Trinajstić information content (AvgIpc) is 2.57. The van der Waals surface area contributed by atoms with Gasteiger partial charge < -0.3 is 0 Å². The van der Waals surface area contributed by atoms with Crippen molar-refractivity contribution in [1.29, 1.82) is 0 Å². The van der Waals surface area contributed by atoms with E-state index in [0.29, 0.717) is 9.13 Å². The Labute approximate surface area is 122 Å². The molecule has 0 saturated heterocycles. The summed E-state index contributed by atoms with van der Waals surface area (Å²) in [7, 11) is 0. The van der Waals surface area contributed by atoms with Crippen molar-refractivity contribution in [1.82, 2.24) is 4.98 Å². The van der Waals surface area contributed by atoms with Crippen LogP contribution in [0.5, 0.6) is 0 Å². The third kappa shape index (κ3) is 2.95. The Balaban J connectivity index is 2.22. The first kappa shape index (κ1) is 13.6. The van der Waals surface area contributed by atoms with Crippen LogP contribution < -0.4 is 0 Å². The Morgan fingerprint density at radius 1 is 1.44 bits per heavy atom. The molecule has 0 aliphatic carbocycles. The number of hydrogen-bond donors (Lipinski definition) is 0. The molecular weight excluding hydrogens is 364 g/mol. The molecule has 0 bridgehead atoms. The summed E-state index contributed by atoms with van der Waals surface area (Å²) in [4.78, 5) is 17.6. The average molecular weight is 375 g/mol. The van der Waals surface area contributed by atoms with Gasteiger partial charge in [0.1, 0.15) is 10.8 Å². The molecule has 0 fully saturated rings. The minimum atomic E-state index is -0.322. The molecule has 0 atom stereocenters. The normalized spacial score (nSPS) is 10.7. The first-order valence-corrected chi connectivity index (χ1v) is 7.28. The quantitative estimate of drug-likeness (QED) is 0.601. The third-order valence-corrected chi connectivity index (χ3v) is 4.58. The van der Waals surface area contributed by atoms with E-state index < -0.39 is 0 Å². The predicted molar refractivity (Wildman–Crippen MR) is 78.7 cm³/mol.